The Kier molecular flexibility index (Phi) is 4.94. The van der Waals surface area contributed by atoms with Gasteiger partial charge in [0.1, 0.15) is 0 Å². The molecular formula is C17H34N2. The number of nitrogens with zero attached hydrogens (tertiary/aromatic N) is 1. The van der Waals surface area contributed by atoms with Crippen molar-refractivity contribution in [1.82, 2.24) is 4.90 Å². The number of hydrogen-bond acceptors (Lipinski definition) is 2. The van der Waals surface area contributed by atoms with Crippen LogP contribution in [0.2, 0.25) is 0 Å². The van der Waals surface area contributed by atoms with E-state index in [0.717, 1.165) is 17.9 Å². The van der Waals surface area contributed by atoms with Crippen LogP contribution < -0.4 is 5.73 Å². The average Bonchev–Trinajstić information content (AvgIpc) is 2.66. The van der Waals surface area contributed by atoms with Crippen molar-refractivity contribution in [2.75, 3.05) is 13.1 Å². The van der Waals surface area contributed by atoms with Crippen LogP contribution in [0.4, 0.5) is 0 Å². The Labute approximate surface area is 120 Å². The summed E-state index contributed by atoms with van der Waals surface area (Å²) in [4.78, 5) is 2.75. The van der Waals surface area contributed by atoms with Crippen molar-refractivity contribution >= 4 is 0 Å². The predicted octanol–water partition coefficient (Wildman–Crippen LogP) is 3.65. The molecule has 2 aliphatic rings. The van der Waals surface area contributed by atoms with Crippen LogP contribution >= 0.6 is 0 Å². The van der Waals surface area contributed by atoms with E-state index in [0.29, 0.717) is 11.5 Å². The zero-order valence-electron chi connectivity index (χ0n) is 13.5. The molecule has 2 rings (SSSR count). The smallest absolute Gasteiger partial charge is 0.00954 e. The number of nitrogens with two attached hydrogens (primary N) is 1. The van der Waals surface area contributed by atoms with Gasteiger partial charge in [0.05, 0.1) is 0 Å². The molecule has 1 aliphatic carbocycles. The fraction of sp³-hybridized carbons (Fsp3) is 1.00. The first-order chi connectivity index (χ1) is 8.88. The van der Waals surface area contributed by atoms with Gasteiger partial charge in [-0.1, -0.05) is 27.2 Å². The van der Waals surface area contributed by atoms with Gasteiger partial charge in [0.25, 0.3) is 0 Å². The number of rotatable bonds is 2. The van der Waals surface area contributed by atoms with E-state index in [2.05, 4.69) is 32.6 Å². The molecule has 0 amide bonds. The molecule has 112 valence electrons. The molecule has 2 nitrogen and oxygen atoms in total. The summed E-state index contributed by atoms with van der Waals surface area (Å²) in [5.41, 5.74) is 6.57. The molecule has 0 aromatic rings. The molecule has 2 fully saturated rings. The maximum Gasteiger partial charge on any atom is 0.00954 e. The second-order valence-corrected chi connectivity index (χ2v) is 8.13. The fourth-order valence-corrected chi connectivity index (χ4v) is 4.09. The highest BCUT2D eigenvalue weighted by molar-refractivity contribution is 4.88. The summed E-state index contributed by atoms with van der Waals surface area (Å²) in [5.74, 6) is 1.66. The zero-order valence-corrected chi connectivity index (χ0v) is 13.5. The van der Waals surface area contributed by atoms with Crippen molar-refractivity contribution in [2.24, 2.45) is 23.0 Å². The lowest BCUT2D eigenvalue weighted by Crippen LogP contribution is -2.35. The Hall–Kier alpha value is -0.0800. The van der Waals surface area contributed by atoms with Crippen LogP contribution in [0.5, 0.6) is 0 Å². The van der Waals surface area contributed by atoms with Crippen LogP contribution in [-0.4, -0.2) is 30.1 Å². The average molecular weight is 266 g/mol. The van der Waals surface area contributed by atoms with E-state index < -0.39 is 0 Å². The van der Waals surface area contributed by atoms with E-state index in [1.165, 1.54) is 51.6 Å². The van der Waals surface area contributed by atoms with Gasteiger partial charge in [-0.25, -0.2) is 0 Å². The quantitative estimate of drug-likeness (QED) is 0.773. The van der Waals surface area contributed by atoms with Gasteiger partial charge in [-0.2, -0.15) is 0 Å². The molecule has 0 aromatic carbocycles. The lowest BCUT2D eigenvalue weighted by atomic mass is 9.76. The van der Waals surface area contributed by atoms with E-state index in [1.807, 2.05) is 0 Å². The lowest BCUT2D eigenvalue weighted by molar-refractivity contribution is 0.190. The Morgan fingerprint density at radius 2 is 1.79 bits per heavy atom. The largest absolute Gasteiger partial charge is 0.328 e. The number of likely N-dealkylation sites (tertiary alicyclic amines) is 1. The van der Waals surface area contributed by atoms with Gasteiger partial charge in [-0.3, -0.25) is 0 Å². The van der Waals surface area contributed by atoms with Crippen molar-refractivity contribution in [2.45, 2.75) is 78.3 Å². The summed E-state index contributed by atoms with van der Waals surface area (Å²) in [7, 11) is 0. The summed E-state index contributed by atoms with van der Waals surface area (Å²) < 4.78 is 0. The Balaban J connectivity index is 1.87. The molecule has 0 aromatic heterocycles. The third kappa shape index (κ3) is 3.95. The van der Waals surface area contributed by atoms with Crippen LogP contribution in [0.1, 0.15) is 66.2 Å². The number of hydrogen-bond donors (Lipinski definition) is 1. The van der Waals surface area contributed by atoms with Gasteiger partial charge in [-0.05, 0) is 62.8 Å². The standard InChI is InChI=1S/C17H34N2/c1-13(18)14-10-11-19(12-14)16-7-5-6-15(8-9-16)17(2,3)4/h13-16H,5-12,18H2,1-4H3. The predicted molar refractivity (Wildman–Crippen MR) is 83.1 cm³/mol. The summed E-state index contributed by atoms with van der Waals surface area (Å²) in [6.45, 7) is 12.0. The highest BCUT2D eigenvalue weighted by atomic mass is 15.2. The maximum atomic E-state index is 6.07. The molecule has 0 spiro atoms. The Morgan fingerprint density at radius 3 is 2.37 bits per heavy atom. The van der Waals surface area contributed by atoms with Crippen molar-refractivity contribution in [3.63, 3.8) is 0 Å². The maximum absolute atomic E-state index is 6.07. The molecule has 19 heavy (non-hydrogen) atoms. The van der Waals surface area contributed by atoms with Crippen LogP contribution in [-0.2, 0) is 0 Å². The summed E-state index contributed by atoms with van der Waals surface area (Å²) in [6, 6.07) is 1.22. The first-order valence-electron chi connectivity index (χ1n) is 8.37. The normalized spacial score (nSPS) is 36.2. The lowest BCUT2D eigenvalue weighted by Gasteiger charge is -2.31. The first kappa shape index (κ1) is 15.3. The van der Waals surface area contributed by atoms with Gasteiger partial charge >= 0.3 is 0 Å². The van der Waals surface area contributed by atoms with Crippen molar-refractivity contribution < 1.29 is 0 Å². The minimum atomic E-state index is 0.373. The van der Waals surface area contributed by atoms with E-state index >= 15 is 0 Å². The van der Waals surface area contributed by atoms with E-state index in [1.54, 1.807) is 0 Å². The summed E-state index contributed by atoms with van der Waals surface area (Å²) in [6.07, 6.45) is 8.42. The molecule has 2 N–H and O–H groups in total. The van der Waals surface area contributed by atoms with Gasteiger partial charge < -0.3 is 10.6 Å². The van der Waals surface area contributed by atoms with Crippen molar-refractivity contribution in [1.29, 1.82) is 0 Å². The van der Waals surface area contributed by atoms with Crippen LogP contribution in [0.15, 0.2) is 0 Å². The highest BCUT2D eigenvalue weighted by Gasteiger charge is 2.33. The second kappa shape index (κ2) is 6.13. The van der Waals surface area contributed by atoms with Gasteiger partial charge in [0, 0.05) is 18.6 Å². The highest BCUT2D eigenvalue weighted by Crippen LogP contribution is 2.38. The second-order valence-electron chi connectivity index (χ2n) is 8.13. The Morgan fingerprint density at radius 1 is 1.05 bits per heavy atom. The molecule has 1 saturated carbocycles. The molecular weight excluding hydrogens is 232 g/mol. The molecule has 4 atom stereocenters. The van der Waals surface area contributed by atoms with E-state index in [4.69, 9.17) is 5.73 Å². The van der Waals surface area contributed by atoms with Crippen LogP contribution in [0.3, 0.4) is 0 Å². The monoisotopic (exact) mass is 266 g/mol. The third-order valence-corrected chi connectivity index (χ3v) is 5.68. The topological polar surface area (TPSA) is 29.3 Å². The van der Waals surface area contributed by atoms with E-state index in [-0.39, 0.29) is 0 Å². The molecule has 4 unspecified atom stereocenters. The molecule has 0 radical (unpaired) electrons. The van der Waals surface area contributed by atoms with Gasteiger partial charge in [-0.15, -0.1) is 0 Å². The fourth-order valence-electron chi connectivity index (χ4n) is 4.09. The third-order valence-electron chi connectivity index (χ3n) is 5.68. The van der Waals surface area contributed by atoms with Crippen LogP contribution in [0, 0.1) is 17.3 Å². The van der Waals surface area contributed by atoms with Crippen molar-refractivity contribution in [3.05, 3.63) is 0 Å². The SMILES string of the molecule is CC(N)C1CCN(C2CCCC(C(C)(C)C)CC2)C1. The van der Waals surface area contributed by atoms with Crippen LogP contribution in [0.25, 0.3) is 0 Å². The minimum absolute atomic E-state index is 0.373. The van der Waals surface area contributed by atoms with Gasteiger partial charge in [0.2, 0.25) is 0 Å². The molecule has 0 bridgehead atoms. The first-order valence-corrected chi connectivity index (χ1v) is 8.37. The van der Waals surface area contributed by atoms with E-state index in [9.17, 15) is 0 Å². The summed E-state index contributed by atoms with van der Waals surface area (Å²) in [5, 5.41) is 0. The van der Waals surface area contributed by atoms with Crippen molar-refractivity contribution in [3.8, 4) is 0 Å². The molecule has 1 saturated heterocycles. The molecule has 1 heterocycles. The zero-order chi connectivity index (χ0) is 14.0. The van der Waals surface area contributed by atoms with Gasteiger partial charge in [0.15, 0.2) is 0 Å². The molecule has 1 aliphatic heterocycles. The minimum Gasteiger partial charge on any atom is -0.328 e. The summed E-state index contributed by atoms with van der Waals surface area (Å²) >= 11 is 0. The Bertz CT molecular complexity index is 279. The molecule has 2 heteroatoms.